The summed E-state index contributed by atoms with van der Waals surface area (Å²) < 4.78 is 1.60. The minimum absolute atomic E-state index is 0.156. The number of para-hydroxylation sites is 1. The first-order valence-electron chi connectivity index (χ1n) is 12.1. The number of primary amides is 1. The van der Waals surface area contributed by atoms with Gasteiger partial charge in [0.15, 0.2) is 5.78 Å². The van der Waals surface area contributed by atoms with Gasteiger partial charge in [-0.05, 0) is 44.2 Å². The predicted molar refractivity (Wildman–Crippen MR) is 145 cm³/mol. The average Bonchev–Trinajstić information content (AvgIpc) is 3.49. The van der Waals surface area contributed by atoms with Crippen molar-refractivity contribution in [2.45, 2.75) is 26.3 Å². The fourth-order valence-electron chi connectivity index (χ4n) is 4.97. The molecule has 0 saturated carbocycles. The van der Waals surface area contributed by atoms with E-state index in [0.717, 1.165) is 25.1 Å². The van der Waals surface area contributed by atoms with Crippen LogP contribution in [0.25, 0.3) is 15.9 Å². The highest BCUT2D eigenvalue weighted by Gasteiger charge is 2.35. The molecule has 2 N–H and O–H groups in total. The number of pyridine rings is 1. The number of hydrogen-bond acceptors (Lipinski definition) is 5. The van der Waals surface area contributed by atoms with E-state index in [1.165, 1.54) is 17.4 Å². The van der Waals surface area contributed by atoms with Crippen molar-refractivity contribution >= 4 is 38.4 Å². The van der Waals surface area contributed by atoms with E-state index in [4.69, 9.17) is 5.73 Å². The predicted octanol–water partition coefficient (Wildman–Crippen LogP) is 4.57. The van der Waals surface area contributed by atoms with Crippen LogP contribution in [0, 0.1) is 6.92 Å². The van der Waals surface area contributed by atoms with Gasteiger partial charge in [-0.1, -0.05) is 60.2 Å². The van der Waals surface area contributed by atoms with Crippen molar-refractivity contribution in [2.24, 2.45) is 5.73 Å². The van der Waals surface area contributed by atoms with Crippen LogP contribution in [0.2, 0.25) is 0 Å². The molecule has 8 heteroatoms. The quantitative estimate of drug-likeness (QED) is 0.393. The summed E-state index contributed by atoms with van der Waals surface area (Å²) in [6.07, 6.45) is 0.759. The Morgan fingerprint density at radius 1 is 1.08 bits per heavy atom. The summed E-state index contributed by atoms with van der Waals surface area (Å²) >= 11 is 1.27. The average molecular weight is 501 g/mol. The van der Waals surface area contributed by atoms with Gasteiger partial charge in [0.2, 0.25) is 0 Å². The Morgan fingerprint density at radius 2 is 1.86 bits per heavy atom. The first-order chi connectivity index (χ1) is 17.4. The number of likely N-dealkylation sites (tertiary alicyclic amines) is 1. The Balaban J connectivity index is 1.79. The number of carbonyl (C=O) groups is 2. The lowest BCUT2D eigenvalue weighted by molar-refractivity contribution is 0.104. The molecular weight excluding hydrogens is 472 g/mol. The normalized spacial score (nSPS) is 15.9. The molecule has 0 bridgehead atoms. The molecule has 1 saturated heterocycles. The van der Waals surface area contributed by atoms with Crippen LogP contribution in [0.4, 0.5) is 9.80 Å². The standard InChI is InChI=1S/C28H28N4O3S/c1-3-30-15-14-21(17-30)32(28(29)35)27-24(25(34)19-9-7-8-18(2)16-19)22-12-13-23(33)31(26(22)36-27)20-10-5-4-6-11-20/h4-13,16,21H,3,14-15,17H2,1-2H3,(H2,29,35). The zero-order valence-electron chi connectivity index (χ0n) is 20.3. The summed E-state index contributed by atoms with van der Waals surface area (Å²) in [6.45, 7) is 6.42. The van der Waals surface area contributed by atoms with Crippen molar-refractivity contribution in [1.29, 1.82) is 0 Å². The Hall–Kier alpha value is -3.75. The Labute approximate surface area is 213 Å². The number of likely N-dealkylation sites (N-methyl/N-ethyl adjacent to an activating group) is 1. The largest absolute Gasteiger partial charge is 0.351 e. The van der Waals surface area contributed by atoms with E-state index in [2.05, 4.69) is 11.8 Å². The fraction of sp³-hybridized carbons (Fsp3) is 0.250. The van der Waals surface area contributed by atoms with E-state index < -0.39 is 6.03 Å². The van der Waals surface area contributed by atoms with Crippen LogP contribution in [0.5, 0.6) is 0 Å². The molecule has 1 unspecified atom stereocenters. The lowest BCUT2D eigenvalue weighted by atomic mass is 10.0. The van der Waals surface area contributed by atoms with Gasteiger partial charge in [-0.2, -0.15) is 0 Å². The summed E-state index contributed by atoms with van der Waals surface area (Å²) in [6, 6.07) is 19.1. The van der Waals surface area contributed by atoms with Crippen molar-refractivity contribution in [3.8, 4) is 5.69 Å². The fourth-order valence-corrected chi connectivity index (χ4v) is 6.36. The molecule has 5 rings (SSSR count). The molecule has 2 amide bonds. The van der Waals surface area contributed by atoms with Crippen LogP contribution in [0.3, 0.4) is 0 Å². The molecule has 1 aliphatic heterocycles. The molecule has 1 fully saturated rings. The number of benzene rings is 2. The van der Waals surface area contributed by atoms with Crippen molar-refractivity contribution in [2.75, 3.05) is 24.5 Å². The van der Waals surface area contributed by atoms with Gasteiger partial charge >= 0.3 is 6.03 Å². The second-order valence-electron chi connectivity index (χ2n) is 9.09. The summed E-state index contributed by atoms with van der Waals surface area (Å²) in [5.41, 5.74) is 8.34. The number of aromatic nitrogens is 1. The lowest BCUT2D eigenvalue weighted by Crippen LogP contribution is -2.45. The molecule has 2 aromatic heterocycles. The molecule has 184 valence electrons. The topological polar surface area (TPSA) is 88.6 Å². The summed E-state index contributed by atoms with van der Waals surface area (Å²) in [5.74, 6) is -0.199. The lowest BCUT2D eigenvalue weighted by Gasteiger charge is -2.27. The smallest absolute Gasteiger partial charge is 0.320 e. The van der Waals surface area contributed by atoms with Crippen LogP contribution >= 0.6 is 11.3 Å². The van der Waals surface area contributed by atoms with Gasteiger partial charge in [-0.3, -0.25) is 19.1 Å². The van der Waals surface area contributed by atoms with Crippen LogP contribution in [0.1, 0.15) is 34.8 Å². The minimum atomic E-state index is -0.601. The number of carbonyl (C=O) groups excluding carboxylic acids is 2. The molecular formula is C28H28N4O3S. The third-order valence-electron chi connectivity index (χ3n) is 6.76. The van der Waals surface area contributed by atoms with Crippen LogP contribution < -0.4 is 16.2 Å². The molecule has 0 aliphatic carbocycles. The van der Waals surface area contributed by atoms with E-state index in [1.54, 1.807) is 21.6 Å². The zero-order chi connectivity index (χ0) is 25.4. The van der Waals surface area contributed by atoms with Gasteiger partial charge in [0.25, 0.3) is 5.56 Å². The number of aryl methyl sites for hydroxylation is 1. The number of rotatable bonds is 6. The number of nitrogens with two attached hydrogens (primary N) is 1. The van der Waals surface area contributed by atoms with Gasteiger partial charge in [0.05, 0.1) is 17.3 Å². The van der Waals surface area contributed by atoms with Crippen molar-refractivity contribution in [3.63, 3.8) is 0 Å². The van der Waals surface area contributed by atoms with Crippen LogP contribution in [0.15, 0.2) is 71.5 Å². The minimum Gasteiger partial charge on any atom is -0.351 e. The number of thiophene rings is 1. The van der Waals surface area contributed by atoms with Crippen molar-refractivity contribution in [1.82, 2.24) is 9.47 Å². The highest BCUT2D eigenvalue weighted by atomic mass is 32.1. The molecule has 36 heavy (non-hydrogen) atoms. The monoisotopic (exact) mass is 500 g/mol. The molecule has 0 radical (unpaired) electrons. The molecule has 4 aromatic rings. The number of ketones is 1. The number of amides is 2. The molecule has 2 aromatic carbocycles. The second-order valence-corrected chi connectivity index (χ2v) is 10.1. The molecule has 3 heterocycles. The van der Waals surface area contributed by atoms with E-state index in [1.807, 2.05) is 55.5 Å². The number of hydrogen-bond donors (Lipinski definition) is 1. The zero-order valence-corrected chi connectivity index (χ0v) is 21.1. The van der Waals surface area contributed by atoms with Crippen LogP contribution in [-0.2, 0) is 0 Å². The maximum absolute atomic E-state index is 14.0. The third kappa shape index (κ3) is 4.23. The Morgan fingerprint density at radius 3 is 2.53 bits per heavy atom. The summed E-state index contributed by atoms with van der Waals surface area (Å²) in [4.78, 5) is 44.4. The number of nitrogens with zero attached hydrogens (tertiary/aromatic N) is 3. The number of urea groups is 1. The van der Waals surface area contributed by atoms with Gasteiger partial charge in [0, 0.05) is 30.1 Å². The van der Waals surface area contributed by atoms with Crippen LogP contribution in [-0.4, -0.2) is 47.0 Å². The van der Waals surface area contributed by atoms with E-state index in [9.17, 15) is 14.4 Å². The first kappa shape index (κ1) is 24.0. The van der Waals surface area contributed by atoms with E-state index in [0.29, 0.717) is 38.6 Å². The van der Waals surface area contributed by atoms with Gasteiger partial charge in [-0.15, -0.1) is 0 Å². The first-order valence-corrected chi connectivity index (χ1v) is 12.9. The Kier molecular flexibility index (Phi) is 6.47. The SMILES string of the molecule is CCN1CCC(N(C(N)=O)c2sc3c(ccc(=O)n3-c3ccccc3)c2C(=O)c2cccc(C)c2)C1. The van der Waals surface area contributed by atoms with Crippen molar-refractivity contribution in [3.05, 3.63) is 93.8 Å². The molecule has 0 spiro atoms. The Bertz CT molecular complexity index is 1510. The van der Waals surface area contributed by atoms with Gasteiger partial charge < -0.3 is 10.6 Å². The molecule has 1 atom stereocenters. The second kappa shape index (κ2) is 9.72. The number of anilines is 1. The van der Waals surface area contributed by atoms with Gasteiger partial charge in [0.1, 0.15) is 9.83 Å². The maximum atomic E-state index is 14.0. The maximum Gasteiger partial charge on any atom is 0.320 e. The highest BCUT2D eigenvalue weighted by Crippen LogP contribution is 2.41. The van der Waals surface area contributed by atoms with Crippen molar-refractivity contribution < 1.29 is 9.59 Å². The molecule has 1 aliphatic rings. The molecule has 7 nitrogen and oxygen atoms in total. The third-order valence-corrected chi connectivity index (χ3v) is 7.95. The van der Waals surface area contributed by atoms with E-state index in [-0.39, 0.29) is 17.4 Å². The summed E-state index contributed by atoms with van der Waals surface area (Å²) in [5, 5.41) is 1.11. The van der Waals surface area contributed by atoms with E-state index >= 15 is 0 Å². The summed E-state index contributed by atoms with van der Waals surface area (Å²) in [7, 11) is 0. The number of fused-ring (bicyclic) bond motifs is 1. The van der Waals surface area contributed by atoms with Gasteiger partial charge in [-0.25, -0.2) is 4.79 Å². The highest BCUT2D eigenvalue weighted by molar-refractivity contribution is 7.23.